The van der Waals surface area contributed by atoms with Gasteiger partial charge in [0.05, 0.1) is 5.52 Å². The number of ether oxygens (including phenoxy) is 1. The molecule has 1 atom stereocenters. The number of aromatic nitrogens is 2. The fourth-order valence-electron chi connectivity index (χ4n) is 3.48. The molecule has 0 spiro atoms. The molecule has 0 saturated carbocycles. The molecule has 6 heteroatoms. The molecule has 0 unspecified atom stereocenters. The summed E-state index contributed by atoms with van der Waals surface area (Å²) in [6.07, 6.45) is 4.46. The van der Waals surface area contributed by atoms with Crippen LogP contribution in [-0.2, 0) is 18.0 Å². The second-order valence-electron chi connectivity index (χ2n) is 8.54. The summed E-state index contributed by atoms with van der Waals surface area (Å²) in [6.45, 7) is 13.0. The number of fused-ring (bicyclic) bond motifs is 1. The monoisotopic (exact) mass is 360 g/mol. The highest BCUT2D eigenvalue weighted by Gasteiger charge is 2.22. The molecule has 3 heterocycles. The standard InChI is InChI=1S/C19H32N4OSi/c1-15-6-5-7-22(15)13-17-10-16-12-21-19(20)11-18(16)23(17)14-24-8-9-25(2,3)4/h10-12,15H,5-9,13-14H2,1-4H3,(H2,20,21)/t15-/m1/s1. The summed E-state index contributed by atoms with van der Waals surface area (Å²) in [5, 5.41) is 1.14. The number of rotatable bonds is 7. The second-order valence-corrected chi connectivity index (χ2v) is 14.2. The largest absolute Gasteiger partial charge is 0.384 e. The normalized spacial score (nSPS) is 19.1. The third-order valence-corrected chi connectivity index (χ3v) is 6.87. The minimum absolute atomic E-state index is 0.565. The lowest BCUT2D eigenvalue weighted by Gasteiger charge is -2.22. The van der Waals surface area contributed by atoms with E-state index in [1.165, 1.54) is 31.1 Å². The van der Waals surface area contributed by atoms with E-state index in [2.05, 4.69) is 47.1 Å². The Bertz CT molecular complexity index is 722. The number of nitrogens with two attached hydrogens (primary N) is 1. The first kappa shape index (κ1) is 18.4. The van der Waals surface area contributed by atoms with Crippen molar-refractivity contribution < 1.29 is 4.74 Å². The molecule has 5 nitrogen and oxygen atoms in total. The first-order valence-electron chi connectivity index (χ1n) is 9.39. The van der Waals surface area contributed by atoms with E-state index in [-0.39, 0.29) is 0 Å². The van der Waals surface area contributed by atoms with E-state index in [0.717, 1.165) is 24.1 Å². The smallest absolute Gasteiger partial charge is 0.125 e. The molecule has 2 N–H and O–H groups in total. The third kappa shape index (κ3) is 4.62. The van der Waals surface area contributed by atoms with Crippen LogP contribution >= 0.6 is 0 Å². The number of hydrogen-bond acceptors (Lipinski definition) is 4. The van der Waals surface area contributed by atoms with Crippen LogP contribution in [0.15, 0.2) is 18.3 Å². The van der Waals surface area contributed by atoms with Crippen molar-refractivity contribution in [3.8, 4) is 0 Å². The molecule has 0 aliphatic carbocycles. The predicted molar refractivity (Wildman–Crippen MR) is 107 cm³/mol. The Hall–Kier alpha value is -1.37. The van der Waals surface area contributed by atoms with Crippen molar-refractivity contribution in [3.63, 3.8) is 0 Å². The first-order chi connectivity index (χ1) is 11.8. The molecule has 2 aromatic heterocycles. The van der Waals surface area contributed by atoms with E-state index in [1.807, 2.05) is 12.3 Å². The van der Waals surface area contributed by atoms with Gasteiger partial charge in [-0.3, -0.25) is 4.90 Å². The molecular weight excluding hydrogens is 328 g/mol. The van der Waals surface area contributed by atoms with Crippen LogP contribution in [0.1, 0.15) is 25.5 Å². The summed E-state index contributed by atoms with van der Waals surface area (Å²) in [5.41, 5.74) is 8.35. The van der Waals surface area contributed by atoms with E-state index in [0.29, 0.717) is 18.6 Å². The van der Waals surface area contributed by atoms with E-state index < -0.39 is 8.07 Å². The van der Waals surface area contributed by atoms with Crippen molar-refractivity contribution in [1.29, 1.82) is 0 Å². The molecular formula is C19H32N4OSi. The molecule has 1 fully saturated rings. The molecule has 1 aliphatic rings. The quantitative estimate of drug-likeness (QED) is 0.601. The van der Waals surface area contributed by atoms with Crippen molar-refractivity contribution in [2.45, 2.75) is 64.8 Å². The van der Waals surface area contributed by atoms with Gasteiger partial charge in [0.2, 0.25) is 0 Å². The lowest BCUT2D eigenvalue weighted by Crippen LogP contribution is -2.27. The van der Waals surface area contributed by atoms with Crippen LogP contribution in [0, 0.1) is 0 Å². The van der Waals surface area contributed by atoms with Crippen molar-refractivity contribution >= 4 is 24.8 Å². The topological polar surface area (TPSA) is 56.3 Å². The summed E-state index contributed by atoms with van der Waals surface area (Å²) in [4.78, 5) is 6.81. The molecule has 0 amide bonds. The van der Waals surface area contributed by atoms with Crippen LogP contribution in [0.25, 0.3) is 10.9 Å². The third-order valence-electron chi connectivity index (χ3n) is 5.17. The summed E-state index contributed by atoms with van der Waals surface area (Å²) in [5.74, 6) is 0.565. The van der Waals surface area contributed by atoms with Crippen LogP contribution in [0.3, 0.4) is 0 Å². The molecule has 25 heavy (non-hydrogen) atoms. The van der Waals surface area contributed by atoms with Gasteiger partial charge in [-0.25, -0.2) is 4.98 Å². The Labute approximate surface area is 152 Å². The Balaban J connectivity index is 1.79. The fraction of sp³-hybridized carbons (Fsp3) is 0.632. The van der Waals surface area contributed by atoms with Crippen molar-refractivity contribution in [2.75, 3.05) is 18.9 Å². The number of nitrogen functional groups attached to an aromatic ring is 1. The van der Waals surface area contributed by atoms with Gasteiger partial charge in [0.15, 0.2) is 0 Å². The van der Waals surface area contributed by atoms with Gasteiger partial charge in [-0.1, -0.05) is 19.6 Å². The van der Waals surface area contributed by atoms with E-state index >= 15 is 0 Å². The molecule has 0 bridgehead atoms. The maximum absolute atomic E-state index is 6.05. The SMILES string of the molecule is C[C@@H]1CCCN1Cc1cc2cnc(N)cc2n1COCC[Si](C)(C)C. The van der Waals surface area contributed by atoms with Gasteiger partial charge in [0, 0.05) is 50.6 Å². The second kappa shape index (κ2) is 7.48. The highest BCUT2D eigenvalue weighted by Crippen LogP contribution is 2.25. The van der Waals surface area contributed by atoms with Gasteiger partial charge in [0.1, 0.15) is 12.5 Å². The summed E-state index contributed by atoms with van der Waals surface area (Å²) in [6, 6.07) is 6.06. The van der Waals surface area contributed by atoms with Gasteiger partial charge < -0.3 is 15.0 Å². The predicted octanol–water partition coefficient (Wildman–Crippen LogP) is 3.92. The van der Waals surface area contributed by atoms with Gasteiger partial charge >= 0.3 is 0 Å². The average molecular weight is 361 g/mol. The van der Waals surface area contributed by atoms with E-state index in [9.17, 15) is 0 Å². The summed E-state index contributed by atoms with van der Waals surface area (Å²) in [7, 11) is -1.07. The molecule has 2 aromatic rings. The fourth-order valence-corrected chi connectivity index (χ4v) is 4.24. The van der Waals surface area contributed by atoms with Crippen LogP contribution in [0.5, 0.6) is 0 Å². The number of likely N-dealkylation sites (tertiary alicyclic amines) is 1. The zero-order chi connectivity index (χ0) is 18.0. The molecule has 3 rings (SSSR count). The summed E-state index contributed by atoms with van der Waals surface area (Å²) < 4.78 is 8.33. The van der Waals surface area contributed by atoms with Crippen molar-refractivity contribution in [3.05, 3.63) is 24.0 Å². The lowest BCUT2D eigenvalue weighted by atomic mass is 10.2. The first-order valence-corrected chi connectivity index (χ1v) is 13.1. The molecule has 0 aromatic carbocycles. The number of nitrogens with zero attached hydrogens (tertiary/aromatic N) is 3. The molecule has 1 saturated heterocycles. The minimum atomic E-state index is -1.07. The van der Waals surface area contributed by atoms with E-state index in [1.54, 1.807) is 0 Å². The Morgan fingerprint density at radius 2 is 2.12 bits per heavy atom. The Morgan fingerprint density at radius 3 is 2.80 bits per heavy atom. The zero-order valence-corrected chi connectivity index (χ0v) is 17.1. The maximum Gasteiger partial charge on any atom is 0.125 e. The Morgan fingerprint density at radius 1 is 1.32 bits per heavy atom. The van der Waals surface area contributed by atoms with Crippen molar-refractivity contribution in [1.82, 2.24) is 14.5 Å². The van der Waals surface area contributed by atoms with Gasteiger partial charge in [0.25, 0.3) is 0 Å². The maximum atomic E-state index is 6.05. The van der Waals surface area contributed by atoms with Crippen LogP contribution < -0.4 is 5.73 Å². The van der Waals surface area contributed by atoms with Gasteiger partial charge in [-0.05, 0) is 38.4 Å². The van der Waals surface area contributed by atoms with E-state index in [4.69, 9.17) is 10.5 Å². The van der Waals surface area contributed by atoms with Crippen LogP contribution in [-0.4, -0.2) is 41.7 Å². The average Bonchev–Trinajstić information content (AvgIpc) is 3.07. The van der Waals surface area contributed by atoms with Gasteiger partial charge in [-0.2, -0.15) is 0 Å². The molecule has 0 radical (unpaired) electrons. The Kier molecular flexibility index (Phi) is 5.51. The number of anilines is 1. The number of pyridine rings is 1. The van der Waals surface area contributed by atoms with Crippen LogP contribution in [0.4, 0.5) is 5.82 Å². The number of hydrogen-bond donors (Lipinski definition) is 1. The molecule has 1 aliphatic heterocycles. The van der Waals surface area contributed by atoms with Gasteiger partial charge in [-0.15, -0.1) is 0 Å². The highest BCUT2D eigenvalue weighted by atomic mass is 28.3. The molecule has 138 valence electrons. The van der Waals surface area contributed by atoms with Crippen LogP contribution in [0.2, 0.25) is 25.7 Å². The van der Waals surface area contributed by atoms with Crippen molar-refractivity contribution in [2.24, 2.45) is 0 Å². The highest BCUT2D eigenvalue weighted by molar-refractivity contribution is 6.76. The zero-order valence-electron chi connectivity index (χ0n) is 16.1. The summed E-state index contributed by atoms with van der Waals surface area (Å²) >= 11 is 0. The minimum Gasteiger partial charge on any atom is -0.384 e. The lowest BCUT2D eigenvalue weighted by molar-refractivity contribution is 0.0863.